The maximum Gasteiger partial charge on any atom is 0.265 e. The van der Waals surface area contributed by atoms with Gasteiger partial charge in [0.25, 0.3) is 11.8 Å². The van der Waals surface area contributed by atoms with Crippen LogP contribution in [-0.4, -0.2) is 24.5 Å². The molecule has 24 heavy (non-hydrogen) atoms. The van der Waals surface area contributed by atoms with E-state index in [2.05, 4.69) is 10.6 Å². The number of thiophene rings is 1. The van der Waals surface area contributed by atoms with Gasteiger partial charge in [0.05, 0.1) is 4.88 Å². The molecule has 3 rings (SSSR count). The first-order chi connectivity index (χ1) is 11.6. The van der Waals surface area contributed by atoms with Crippen molar-refractivity contribution in [2.45, 2.75) is 25.8 Å². The van der Waals surface area contributed by atoms with E-state index < -0.39 is 0 Å². The van der Waals surface area contributed by atoms with Crippen molar-refractivity contribution in [3.05, 3.63) is 46.7 Å². The standard InChI is InChI=1S/C18H20N2O3S/c1-12(13-7-8-13)19-17(21)11-23-15-5-2-4-14(10-15)20-18(22)16-6-3-9-24-16/h2-6,9-10,12-13H,7-8,11H2,1H3,(H,19,21)(H,20,22)/t12-/m0/s1. The van der Waals surface area contributed by atoms with E-state index in [1.807, 2.05) is 18.4 Å². The molecule has 1 aliphatic rings. The zero-order valence-corrected chi connectivity index (χ0v) is 14.3. The molecule has 1 aromatic heterocycles. The molecule has 1 atom stereocenters. The van der Waals surface area contributed by atoms with Gasteiger partial charge in [0.1, 0.15) is 5.75 Å². The summed E-state index contributed by atoms with van der Waals surface area (Å²) in [5.41, 5.74) is 0.637. The number of carbonyl (C=O) groups excluding carboxylic acids is 2. The number of ether oxygens (including phenoxy) is 1. The molecule has 2 N–H and O–H groups in total. The maximum absolute atomic E-state index is 12.0. The molecule has 0 aliphatic heterocycles. The molecule has 6 heteroatoms. The third kappa shape index (κ3) is 4.58. The Morgan fingerprint density at radius 1 is 1.29 bits per heavy atom. The van der Waals surface area contributed by atoms with Gasteiger partial charge < -0.3 is 15.4 Å². The van der Waals surface area contributed by atoms with Gasteiger partial charge in [0.2, 0.25) is 0 Å². The lowest BCUT2D eigenvalue weighted by Gasteiger charge is -2.13. The van der Waals surface area contributed by atoms with Crippen LogP contribution in [0.1, 0.15) is 29.4 Å². The fourth-order valence-corrected chi connectivity index (χ4v) is 3.04. The Labute approximate surface area is 145 Å². The molecule has 0 bridgehead atoms. The van der Waals surface area contributed by atoms with E-state index in [4.69, 9.17) is 4.74 Å². The number of amides is 2. The third-order valence-electron chi connectivity index (χ3n) is 3.92. The first-order valence-electron chi connectivity index (χ1n) is 7.99. The predicted octanol–water partition coefficient (Wildman–Crippen LogP) is 3.29. The van der Waals surface area contributed by atoms with Crippen LogP contribution in [0.15, 0.2) is 41.8 Å². The number of hydrogen-bond donors (Lipinski definition) is 2. The van der Waals surface area contributed by atoms with Crippen LogP contribution < -0.4 is 15.4 Å². The van der Waals surface area contributed by atoms with E-state index in [0.29, 0.717) is 22.2 Å². The molecule has 2 aromatic rings. The lowest BCUT2D eigenvalue weighted by Crippen LogP contribution is -2.37. The minimum atomic E-state index is -0.154. The average molecular weight is 344 g/mol. The summed E-state index contributed by atoms with van der Waals surface area (Å²) in [4.78, 5) is 24.6. The molecular weight excluding hydrogens is 324 g/mol. The average Bonchev–Trinajstić information content (AvgIpc) is 3.28. The molecule has 0 unspecified atom stereocenters. The van der Waals surface area contributed by atoms with E-state index in [0.717, 1.165) is 0 Å². The molecule has 2 amide bonds. The van der Waals surface area contributed by atoms with Crippen molar-refractivity contribution in [3.8, 4) is 5.75 Å². The van der Waals surface area contributed by atoms with Crippen LogP contribution in [0.3, 0.4) is 0 Å². The molecular formula is C18H20N2O3S. The summed E-state index contributed by atoms with van der Waals surface area (Å²) < 4.78 is 5.52. The van der Waals surface area contributed by atoms with Crippen molar-refractivity contribution in [2.24, 2.45) is 5.92 Å². The predicted molar refractivity (Wildman–Crippen MR) is 94.5 cm³/mol. The Kier molecular flexibility index (Phi) is 5.15. The lowest BCUT2D eigenvalue weighted by molar-refractivity contribution is -0.123. The highest BCUT2D eigenvalue weighted by molar-refractivity contribution is 7.12. The highest BCUT2D eigenvalue weighted by atomic mass is 32.1. The minimum absolute atomic E-state index is 0.0284. The van der Waals surface area contributed by atoms with Crippen molar-refractivity contribution in [1.29, 1.82) is 0 Å². The van der Waals surface area contributed by atoms with Gasteiger partial charge in [-0.05, 0) is 49.3 Å². The van der Waals surface area contributed by atoms with Crippen LogP contribution in [0.4, 0.5) is 5.69 Å². The Morgan fingerprint density at radius 3 is 2.83 bits per heavy atom. The highest BCUT2D eigenvalue weighted by Gasteiger charge is 2.28. The normalized spacial score (nSPS) is 14.7. The van der Waals surface area contributed by atoms with Gasteiger partial charge in [0, 0.05) is 17.8 Å². The summed E-state index contributed by atoms with van der Waals surface area (Å²) in [6.07, 6.45) is 2.38. The molecule has 1 aliphatic carbocycles. The Morgan fingerprint density at radius 2 is 2.12 bits per heavy atom. The highest BCUT2D eigenvalue weighted by Crippen LogP contribution is 2.32. The summed E-state index contributed by atoms with van der Waals surface area (Å²) in [5, 5.41) is 7.62. The molecule has 0 saturated heterocycles. The third-order valence-corrected chi connectivity index (χ3v) is 4.79. The Balaban J connectivity index is 1.51. The summed E-state index contributed by atoms with van der Waals surface area (Å²) >= 11 is 1.39. The smallest absolute Gasteiger partial charge is 0.265 e. The molecule has 1 heterocycles. The molecule has 5 nitrogen and oxygen atoms in total. The van der Waals surface area contributed by atoms with Gasteiger partial charge in [-0.25, -0.2) is 0 Å². The second-order valence-corrected chi connectivity index (χ2v) is 6.89. The second kappa shape index (κ2) is 7.49. The molecule has 1 fully saturated rings. The monoisotopic (exact) mass is 344 g/mol. The van der Waals surface area contributed by atoms with Crippen molar-refractivity contribution in [2.75, 3.05) is 11.9 Å². The van der Waals surface area contributed by atoms with E-state index >= 15 is 0 Å². The van der Waals surface area contributed by atoms with E-state index in [1.54, 1.807) is 30.3 Å². The van der Waals surface area contributed by atoms with Crippen molar-refractivity contribution in [3.63, 3.8) is 0 Å². The van der Waals surface area contributed by atoms with Gasteiger partial charge in [0.15, 0.2) is 6.61 Å². The van der Waals surface area contributed by atoms with Crippen molar-refractivity contribution in [1.82, 2.24) is 5.32 Å². The second-order valence-electron chi connectivity index (χ2n) is 5.94. The van der Waals surface area contributed by atoms with Gasteiger partial charge >= 0.3 is 0 Å². The SMILES string of the molecule is C[C@H](NC(=O)COc1cccc(NC(=O)c2cccs2)c1)C1CC1. The molecule has 1 saturated carbocycles. The molecule has 1 aromatic carbocycles. The van der Waals surface area contributed by atoms with E-state index in [-0.39, 0.29) is 24.5 Å². The topological polar surface area (TPSA) is 67.4 Å². The molecule has 0 radical (unpaired) electrons. The van der Waals surface area contributed by atoms with Crippen LogP contribution in [0.2, 0.25) is 0 Å². The van der Waals surface area contributed by atoms with E-state index in [1.165, 1.54) is 24.2 Å². The van der Waals surface area contributed by atoms with Crippen LogP contribution in [-0.2, 0) is 4.79 Å². The number of hydrogen-bond acceptors (Lipinski definition) is 4. The maximum atomic E-state index is 12.0. The summed E-state index contributed by atoms with van der Waals surface area (Å²) in [5.74, 6) is 0.888. The Bertz CT molecular complexity index is 711. The lowest BCUT2D eigenvalue weighted by atomic mass is 10.2. The van der Waals surface area contributed by atoms with Crippen molar-refractivity contribution >= 4 is 28.8 Å². The quantitative estimate of drug-likeness (QED) is 0.810. The zero-order chi connectivity index (χ0) is 16.9. The van der Waals surface area contributed by atoms with E-state index in [9.17, 15) is 9.59 Å². The van der Waals surface area contributed by atoms with Crippen molar-refractivity contribution < 1.29 is 14.3 Å². The molecule has 0 spiro atoms. The zero-order valence-electron chi connectivity index (χ0n) is 13.5. The number of carbonyl (C=O) groups is 2. The fourth-order valence-electron chi connectivity index (χ4n) is 2.42. The Hall–Kier alpha value is -2.34. The van der Waals surface area contributed by atoms with Gasteiger partial charge in [-0.3, -0.25) is 9.59 Å². The summed E-state index contributed by atoms with van der Waals surface area (Å²) in [6.45, 7) is 2.00. The first kappa shape index (κ1) is 16.5. The fraction of sp³-hybridized carbons (Fsp3) is 0.333. The number of rotatable bonds is 7. The molecule has 126 valence electrons. The van der Waals surface area contributed by atoms with Crippen LogP contribution in [0.5, 0.6) is 5.75 Å². The largest absolute Gasteiger partial charge is 0.484 e. The number of anilines is 1. The van der Waals surface area contributed by atoms with Crippen LogP contribution in [0, 0.1) is 5.92 Å². The summed E-state index contributed by atoms with van der Waals surface area (Å²) in [6, 6.07) is 10.9. The van der Waals surface area contributed by atoms with Gasteiger partial charge in [-0.15, -0.1) is 11.3 Å². The summed E-state index contributed by atoms with van der Waals surface area (Å²) in [7, 11) is 0. The number of benzene rings is 1. The first-order valence-corrected chi connectivity index (χ1v) is 8.87. The van der Waals surface area contributed by atoms with Crippen LogP contribution in [0.25, 0.3) is 0 Å². The van der Waals surface area contributed by atoms with Crippen LogP contribution >= 0.6 is 11.3 Å². The van der Waals surface area contributed by atoms with Gasteiger partial charge in [-0.2, -0.15) is 0 Å². The minimum Gasteiger partial charge on any atom is -0.484 e. The van der Waals surface area contributed by atoms with Gasteiger partial charge in [-0.1, -0.05) is 12.1 Å². The number of nitrogens with one attached hydrogen (secondary N) is 2.